The van der Waals surface area contributed by atoms with Gasteiger partial charge in [-0.3, -0.25) is 4.90 Å². The minimum absolute atomic E-state index is 0.385. The molecule has 0 aliphatic rings. The molecule has 0 aliphatic heterocycles. The summed E-state index contributed by atoms with van der Waals surface area (Å²) in [5, 5.41) is 8.81. The van der Waals surface area contributed by atoms with Crippen molar-refractivity contribution in [2.75, 3.05) is 20.2 Å². The highest BCUT2D eigenvalue weighted by atomic mass is 16.5. The second kappa shape index (κ2) is 11.3. The molecule has 0 spiro atoms. The van der Waals surface area contributed by atoms with Crippen LogP contribution >= 0.6 is 0 Å². The molecule has 0 aliphatic carbocycles. The summed E-state index contributed by atoms with van der Waals surface area (Å²) in [5.74, 6) is 0.812. The zero-order valence-corrected chi connectivity index (χ0v) is 14.3. The molecular weight excluding hydrogens is 284 g/mol. The van der Waals surface area contributed by atoms with Crippen molar-refractivity contribution in [3.05, 3.63) is 65.7 Å². The van der Waals surface area contributed by atoms with Gasteiger partial charge in [-0.15, -0.1) is 0 Å². The zero-order chi connectivity index (χ0) is 16.9. The van der Waals surface area contributed by atoms with Crippen molar-refractivity contribution in [2.45, 2.75) is 26.8 Å². The smallest absolute Gasteiger partial charge is 0.123 e. The molecule has 0 amide bonds. The highest BCUT2D eigenvalue weighted by molar-refractivity contribution is 5.35. The van der Waals surface area contributed by atoms with Gasteiger partial charge in [0.25, 0.3) is 0 Å². The summed E-state index contributed by atoms with van der Waals surface area (Å²) in [6.07, 6.45) is 0.385. The average molecular weight is 310 g/mol. The predicted octanol–water partition coefficient (Wildman–Crippen LogP) is 4.29. The maximum atomic E-state index is 8.81. The van der Waals surface area contributed by atoms with Crippen molar-refractivity contribution in [1.82, 2.24) is 4.90 Å². The van der Waals surface area contributed by atoms with Crippen molar-refractivity contribution < 1.29 is 4.74 Å². The maximum Gasteiger partial charge on any atom is 0.123 e. The molecule has 0 heterocycles. The van der Waals surface area contributed by atoms with E-state index in [9.17, 15) is 0 Å². The Morgan fingerprint density at radius 3 is 2.35 bits per heavy atom. The summed E-state index contributed by atoms with van der Waals surface area (Å²) in [7, 11) is 2.08. The van der Waals surface area contributed by atoms with Crippen LogP contribution in [0.15, 0.2) is 54.6 Å². The fourth-order valence-corrected chi connectivity index (χ4v) is 2.16. The van der Waals surface area contributed by atoms with E-state index in [0.29, 0.717) is 13.0 Å². The minimum atomic E-state index is 0.385. The molecule has 2 rings (SSSR count). The van der Waals surface area contributed by atoms with E-state index in [-0.39, 0.29) is 0 Å². The molecule has 2 aromatic carbocycles. The third-order valence-electron chi connectivity index (χ3n) is 3.27. The van der Waals surface area contributed by atoms with E-state index in [4.69, 9.17) is 10.00 Å². The Morgan fingerprint density at radius 1 is 1.00 bits per heavy atom. The molecule has 0 saturated heterocycles. The van der Waals surface area contributed by atoms with E-state index in [1.54, 1.807) is 0 Å². The van der Waals surface area contributed by atoms with Crippen LogP contribution in [0.25, 0.3) is 0 Å². The number of ether oxygens (including phenoxy) is 1. The quantitative estimate of drug-likeness (QED) is 0.765. The number of nitriles is 1. The number of para-hydroxylation sites is 1. The molecule has 3 nitrogen and oxygen atoms in total. The second-order valence-electron chi connectivity index (χ2n) is 5.01. The molecule has 0 fully saturated rings. The summed E-state index contributed by atoms with van der Waals surface area (Å²) in [5.41, 5.74) is 2.25. The third kappa shape index (κ3) is 6.99. The minimum Gasteiger partial charge on any atom is -0.492 e. The first-order chi connectivity index (χ1) is 11.3. The fraction of sp³-hybridized carbons (Fsp3) is 0.350. The van der Waals surface area contributed by atoms with Crippen LogP contribution in [-0.2, 0) is 13.0 Å². The summed E-state index contributed by atoms with van der Waals surface area (Å²) in [4.78, 5) is 2.22. The van der Waals surface area contributed by atoms with Gasteiger partial charge in [-0.25, -0.2) is 0 Å². The van der Waals surface area contributed by atoms with Gasteiger partial charge in [0, 0.05) is 18.7 Å². The molecule has 0 atom stereocenters. The lowest BCUT2D eigenvalue weighted by Crippen LogP contribution is -2.24. The van der Waals surface area contributed by atoms with Gasteiger partial charge in [0.05, 0.1) is 12.5 Å². The number of nitrogens with zero attached hydrogens (tertiary/aromatic N) is 2. The lowest BCUT2D eigenvalue weighted by Gasteiger charge is -2.17. The first-order valence-corrected chi connectivity index (χ1v) is 8.09. The van der Waals surface area contributed by atoms with Gasteiger partial charge in [-0.2, -0.15) is 5.26 Å². The molecule has 2 aromatic rings. The molecule has 0 bridgehead atoms. The third-order valence-corrected chi connectivity index (χ3v) is 3.27. The van der Waals surface area contributed by atoms with Gasteiger partial charge in [-0.05, 0) is 18.7 Å². The Bertz CT molecular complexity index is 590. The van der Waals surface area contributed by atoms with Crippen molar-refractivity contribution in [1.29, 1.82) is 5.26 Å². The number of rotatable bonds is 7. The monoisotopic (exact) mass is 310 g/mol. The first kappa shape index (κ1) is 18.7. The standard InChI is InChI=1S/C18H20N2O.C2H6/c1-20(15-16-7-3-2-4-8-16)13-14-21-18-10-6-5-9-17(18)11-12-19;1-2/h2-10H,11,13-15H2,1H3;1-2H3. The molecule has 3 heteroatoms. The Morgan fingerprint density at radius 2 is 1.65 bits per heavy atom. The summed E-state index contributed by atoms with van der Waals surface area (Å²) in [6.45, 7) is 6.37. The number of hydrogen-bond donors (Lipinski definition) is 0. The highest BCUT2D eigenvalue weighted by Crippen LogP contribution is 2.18. The van der Waals surface area contributed by atoms with Crippen LogP contribution in [0.1, 0.15) is 25.0 Å². The second-order valence-corrected chi connectivity index (χ2v) is 5.01. The summed E-state index contributed by atoms with van der Waals surface area (Å²) >= 11 is 0. The van der Waals surface area contributed by atoms with E-state index in [1.165, 1.54) is 5.56 Å². The molecule has 0 aromatic heterocycles. The number of likely N-dealkylation sites (N-methyl/N-ethyl adjacent to an activating group) is 1. The van der Waals surface area contributed by atoms with Crippen LogP contribution in [0.4, 0.5) is 0 Å². The Kier molecular flexibility index (Phi) is 9.19. The predicted molar refractivity (Wildman–Crippen MR) is 95.4 cm³/mol. The highest BCUT2D eigenvalue weighted by Gasteiger charge is 2.04. The molecule has 122 valence electrons. The molecule has 0 radical (unpaired) electrons. The Labute approximate surface area is 140 Å². The van der Waals surface area contributed by atoms with Gasteiger partial charge in [-0.1, -0.05) is 62.4 Å². The van der Waals surface area contributed by atoms with Crippen molar-refractivity contribution in [3.63, 3.8) is 0 Å². The molecule has 0 saturated carbocycles. The summed E-state index contributed by atoms with van der Waals surface area (Å²) in [6, 6.07) is 20.3. The van der Waals surface area contributed by atoms with Gasteiger partial charge in [0.15, 0.2) is 0 Å². The SMILES string of the molecule is CC.CN(CCOc1ccccc1CC#N)Cc1ccccc1. The first-order valence-electron chi connectivity index (χ1n) is 8.09. The fourth-order valence-electron chi connectivity index (χ4n) is 2.16. The van der Waals surface area contributed by atoms with E-state index in [1.807, 2.05) is 44.2 Å². The zero-order valence-electron chi connectivity index (χ0n) is 14.3. The van der Waals surface area contributed by atoms with Crippen molar-refractivity contribution >= 4 is 0 Å². The number of hydrogen-bond acceptors (Lipinski definition) is 3. The van der Waals surface area contributed by atoms with E-state index in [2.05, 4.69) is 42.3 Å². The molecule has 0 unspecified atom stereocenters. The van der Waals surface area contributed by atoms with Crippen LogP contribution in [0, 0.1) is 11.3 Å². The van der Waals surface area contributed by atoms with Gasteiger partial charge in [0.1, 0.15) is 12.4 Å². The van der Waals surface area contributed by atoms with Crippen molar-refractivity contribution in [3.8, 4) is 11.8 Å². The van der Waals surface area contributed by atoms with Gasteiger partial charge >= 0.3 is 0 Å². The van der Waals surface area contributed by atoms with Crippen LogP contribution < -0.4 is 4.74 Å². The lowest BCUT2D eigenvalue weighted by atomic mass is 10.1. The largest absolute Gasteiger partial charge is 0.492 e. The number of benzene rings is 2. The van der Waals surface area contributed by atoms with Crippen LogP contribution in [0.5, 0.6) is 5.75 Å². The van der Waals surface area contributed by atoms with E-state index >= 15 is 0 Å². The molecule has 0 N–H and O–H groups in total. The van der Waals surface area contributed by atoms with Crippen LogP contribution in [-0.4, -0.2) is 25.1 Å². The summed E-state index contributed by atoms with van der Waals surface area (Å²) < 4.78 is 5.81. The van der Waals surface area contributed by atoms with Crippen LogP contribution in [0.3, 0.4) is 0 Å². The van der Waals surface area contributed by atoms with E-state index in [0.717, 1.165) is 24.4 Å². The molecule has 23 heavy (non-hydrogen) atoms. The normalized spacial score (nSPS) is 9.70. The maximum absolute atomic E-state index is 8.81. The van der Waals surface area contributed by atoms with Crippen LogP contribution in [0.2, 0.25) is 0 Å². The molecular formula is C20H26N2O. The lowest BCUT2D eigenvalue weighted by molar-refractivity contribution is 0.232. The Hall–Kier alpha value is -2.31. The topological polar surface area (TPSA) is 36.3 Å². The Balaban J connectivity index is 0.00000127. The average Bonchev–Trinajstić information content (AvgIpc) is 2.59. The van der Waals surface area contributed by atoms with E-state index < -0.39 is 0 Å². The van der Waals surface area contributed by atoms with Gasteiger partial charge in [0.2, 0.25) is 0 Å². The van der Waals surface area contributed by atoms with Gasteiger partial charge < -0.3 is 4.74 Å². The van der Waals surface area contributed by atoms with Crippen molar-refractivity contribution in [2.24, 2.45) is 0 Å².